The van der Waals surface area contributed by atoms with E-state index in [1.165, 1.54) is 0 Å². The molecule has 1 atom stereocenters. The molecule has 1 amide bonds. The first kappa shape index (κ1) is 23.5. The zero-order valence-corrected chi connectivity index (χ0v) is 20.7. The molecule has 4 aromatic rings. The molecular formula is C29H27NO6. The van der Waals surface area contributed by atoms with Gasteiger partial charge in [0, 0.05) is 6.54 Å². The highest BCUT2D eigenvalue weighted by atomic mass is 16.5. The number of rotatable bonds is 7. The van der Waals surface area contributed by atoms with Crippen molar-refractivity contribution in [1.29, 1.82) is 0 Å². The van der Waals surface area contributed by atoms with Crippen LogP contribution >= 0.6 is 0 Å². The molecule has 0 spiro atoms. The molecule has 184 valence electrons. The van der Waals surface area contributed by atoms with Crippen molar-refractivity contribution < 1.29 is 23.4 Å². The van der Waals surface area contributed by atoms with Crippen molar-refractivity contribution in [2.24, 2.45) is 0 Å². The molecule has 0 fully saturated rings. The predicted molar refractivity (Wildman–Crippen MR) is 136 cm³/mol. The number of aryl methyl sites for hydroxylation is 1. The van der Waals surface area contributed by atoms with E-state index in [9.17, 15) is 9.59 Å². The molecule has 0 bridgehead atoms. The minimum Gasteiger partial charge on any atom is -0.497 e. The fraction of sp³-hybridized carbons (Fsp3) is 0.241. The molecule has 0 saturated heterocycles. The van der Waals surface area contributed by atoms with Crippen LogP contribution in [0.2, 0.25) is 0 Å². The number of methoxy groups -OCH3 is 2. The third kappa shape index (κ3) is 3.96. The molecule has 2 heterocycles. The van der Waals surface area contributed by atoms with E-state index in [0.29, 0.717) is 34.6 Å². The van der Waals surface area contributed by atoms with Crippen LogP contribution in [0.25, 0.3) is 11.0 Å². The minimum atomic E-state index is -0.652. The number of benzene rings is 3. The number of ether oxygens (including phenoxy) is 3. The Balaban J connectivity index is 1.69. The third-order valence-electron chi connectivity index (χ3n) is 6.44. The second-order valence-electron chi connectivity index (χ2n) is 8.70. The number of amides is 1. The van der Waals surface area contributed by atoms with E-state index in [1.54, 1.807) is 37.3 Å². The maximum Gasteiger partial charge on any atom is 0.291 e. The molecule has 1 aromatic heterocycles. The molecule has 7 nitrogen and oxygen atoms in total. The van der Waals surface area contributed by atoms with Gasteiger partial charge in [-0.3, -0.25) is 9.59 Å². The summed E-state index contributed by atoms with van der Waals surface area (Å²) < 4.78 is 22.6. The summed E-state index contributed by atoms with van der Waals surface area (Å²) in [6.45, 7) is 4.58. The highest BCUT2D eigenvalue weighted by Gasteiger charge is 2.43. The summed E-state index contributed by atoms with van der Waals surface area (Å²) in [5, 5.41) is 0.454. The monoisotopic (exact) mass is 485 g/mol. The molecule has 0 saturated carbocycles. The Labute approximate surface area is 208 Å². The van der Waals surface area contributed by atoms with Gasteiger partial charge in [-0.1, -0.05) is 29.8 Å². The quantitative estimate of drug-likeness (QED) is 0.355. The van der Waals surface area contributed by atoms with E-state index in [4.69, 9.17) is 18.6 Å². The Morgan fingerprint density at radius 3 is 2.39 bits per heavy atom. The first-order valence-corrected chi connectivity index (χ1v) is 11.8. The minimum absolute atomic E-state index is 0.0720. The van der Waals surface area contributed by atoms with E-state index in [2.05, 4.69) is 0 Å². The predicted octanol–water partition coefficient (Wildman–Crippen LogP) is 5.26. The fourth-order valence-corrected chi connectivity index (χ4v) is 4.70. The standard InChI is InChI=1S/C29H27NO6/c1-5-35-23-13-9-19(15-24(23)34-4)26-25-27(31)21-14-17(2)6-12-22(21)36-28(25)29(32)30(26)16-18-7-10-20(33-3)11-8-18/h6-15,26H,5,16H2,1-4H3. The van der Waals surface area contributed by atoms with Gasteiger partial charge in [0.1, 0.15) is 11.3 Å². The maximum absolute atomic E-state index is 13.8. The van der Waals surface area contributed by atoms with Crippen LogP contribution in [0.3, 0.4) is 0 Å². The number of carbonyl (C=O) groups is 1. The smallest absolute Gasteiger partial charge is 0.291 e. The lowest BCUT2D eigenvalue weighted by molar-refractivity contribution is 0.0714. The lowest BCUT2D eigenvalue weighted by Gasteiger charge is -2.26. The van der Waals surface area contributed by atoms with Gasteiger partial charge in [-0.2, -0.15) is 0 Å². The molecule has 1 aliphatic heterocycles. The Morgan fingerprint density at radius 2 is 1.69 bits per heavy atom. The molecule has 36 heavy (non-hydrogen) atoms. The van der Waals surface area contributed by atoms with Crippen molar-refractivity contribution in [2.45, 2.75) is 26.4 Å². The van der Waals surface area contributed by atoms with Gasteiger partial charge in [-0.15, -0.1) is 0 Å². The largest absolute Gasteiger partial charge is 0.497 e. The Kier molecular flexibility index (Phi) is 6.14. The Bertz CT molecular complexity index is 1510. The van der Waals surface area contributed by atoms with Crippen LogP contribution in [0.5, 0.6) is 17.2 Å². The van der Waals surface area contributed by atoms with Gasteiger partial charge in [0.2, 0.25) is 5.76 Å². The van der Waals surface area contributed by atoms with Gasteiger partial charge in [0.15, 0.2) is 16.9 Å². The molecule has 0 N–H and O–H groups in total. The van der Waals surface area contributed by atoms with Crippen molar-refractivity contribution in [1.82, 2.24) is 4.90 Å². The zero-order valence-electron chi connectivity index (χ0n) is 20.7. The number of fused-ring (bicyclic) bond motifs is 2. The van der Waals surface area contributed by atoms with E-state index in [0.717, 1.165) is 22.4 Å². The Morgan fingerprint density at radius 1 is 0.917 bits per heavy atom. The second kappa shape index (κ2) is 9.41. The summed E-state index contributed by atoms with van der Waals surface area (Å²) in [7, 11) is 3.17. The van der Waals surface area contributed by atoms with Crippen molar-refractivity contribution in [3.8, 4) is 17.2 Å². The maximum atomic E-state index is 13.8. The van der Waals surface area contributed by atoms with Gasteiger partial charge in [0.25, 0.3) is 5.91 Å². The van der Waals surface area contributed by atoms with Crippen molar-refractivity contribution in [3.05, 3.63) is 98.9 Å². The molecular weight excluding hydrogens is 458 g/mol. The molecule has 1 unspecified atom stereocenters. The molecule has 1 aliphatic rings. The van der Waals surface area contributed by atoms with Gasteiger partial charge in [0.05, 0.1) is 37.8 Å². The first-order valence-electron chi connectivity index (χ1n) is 11.8. The summed E-state index contributed by atoms with van der Waals surface area (Å²) in [6, 6.07) is 17.7. The molecule has 3 aromatic carbocycles. The third-order valence-corrected chi connectivity index (χ3v) is 6.44. The summed E-state index contributed by atoms with van der Waals surface area (Å²) >= 11 is 0. The van der Waals surface area contributed by atoms with Crippen LogP contribution < -0.4 is 19.6 Å². The fourth-order valence-electron chi connectivity index (χ4n) is 4.70. The lowest BCUT2D eigenvalue weighted by Crippen LogP contribution is -2.29. The highest BCUT2D eigenvalue weighted by Crippen LogP contribution is 2.41. The van der Waals surface area contributed by atoms with Crippen LogP contribution in [0.15, 0.2) is 69.9 Å². The zero-order chi connectivity index (χ0) is 25.4. The number of carbonyl (C=O) groups excluding carboxylic acids is 1. The van der Waals surface area contributed by atoms with E-state index < -0.39 is 6.04 Å². The summed E-state index contributed by atoms with van der Waals surface area (Å²) in [6.07, 6.45) is 0. The van der Waals surface area contributed by atoms with E-state index in [1.807, 2.05) is 56.3 Å². The number of hydrogen-bond acceptors (Lipinski definition) is 6. The lowest BCUT2D eigenvalue weighted by atomic mass is 9.97. The summed E-state index contributed by atoms with van der Waals surface area (Å²) in [5.41, 5.74) is 3.08. The molecule has 5 rings (SSSR count). The SMILES string of the molecule is CCOc1ccc(C2c3c(oc4ccc(C)cc4c3=O)C(=O)N2Cc2ccc(OC)cc2)cc1OC. The first-order chi connectivity index (χ1) is 17.4. The van der Waals surface area contributed by atoms with Gasteiger partial charge in [-0.05, 0) is 61.4 Å². The van der Waals surface area contributed by atoms with Crippen molar-refractivity contribution in [3.63, 3.8) is 0 Å². The van der Waals surface area contributed by atoms with E-state index in [-0.39, 0.29) is 23.6 Å². The van der Waals surface area contributed by atoms with Crippen LogP contribution in [0.1, 0.15) is 45.8 Å². The summed E-state index contributed by atoms with van der Waals surface area (Å²) in [5.74, 6) is 1.58. The normalized spacial score (nSPS) is 14.7. The highest BCUT2D eigenvalue weighted by molar-refractivity contribution is 5.99. The van der Waals surface area contributed by atoms with Crippen LogP contribution in [-0.2, 0) is 6.54 Å². The average Bonchev–Trinajstić information content (AvgIpc) is 3.17. The van der Waals surface area contributed by atoms with E-state index >= 15 is 0 Å². The van der Waals surface area contributed by atoms with Crippen LogP contribution in [0, 0.1) is 6.92 Å². The second-order valence-corrected chi connectivity index (χ2v) is 8.70. The van der Waals surface area contributed by atoms with Crippen molar-refractivity contribution in [2.75, 3.05) is 20.8 Å². The molecule has 0 radical (unpaired) electrons. The average molecular weight is 486 g/mol. The molecule has 7 heteroatoms. The summed E-state index contributed by atoms with van der Waals surface area (Å²) in [4.78, 5) is 29.2. The van der Waals surface area contributed by atoms with Crippen LogP contribution in [0.4, 0.5) is 0 Å². The van der Waals surface area contributed by atoms with Gasteiger partial charge >= 0.3 is 0 Å². The molecule has 0 aliphatic carbocycles. The van der Waals surface area contributed by atoms with Crippen molar-refractivity contribution >= 4 is 16.9 Å². The van der Waals surface area contributed by atoms with Crippen LogP contribution in [-0.4, -0.2) is 31.6 Å². The number of hydrogen-bond donors (Lipinski definition) is 0. The Hall–Kier alpha value is -4.26. The van der Waals surface area contributed by atoms with Gasteiger partial charge in [-0.25, -0.2) is 0 Å². The van der Waals surface area contributed by atoms with Gasteiger partial charge < -0.3 is 23.5 Å². The number of nitrogens with zero attached hydrogens (tertiary/aromatic N) is 1. The topological polar surface area (TPSA) is 78.2 Å².